The smallest absolute Gasteiger partial charge is 0.279 e. The molecule has 150 valence electrons. The molecule has 0 aliphatic carbocycles. The molecule has 29 heavy (non-hydrogen) atoms. The van der Waals surface area contributed by atoms with Crippen LogP contribution in [0.25, 0.3) is 10.2 Å². The Bertz CT molecular complexity index is 1310. The first-order valence-corrected chi connectivity index (χ1v) is 11.1. The van der Waals surface area contributed by atoms with Gasteiger partial charge >= 0.3 is 0 Å². The Kier molecular flexibility index (Phi) is 5.75. The number of sulfonamides is 1. The summed E-state index contributed by atoms with van der Waals surface area (Å²) in [6.07, 6.45) is 5.52. The van der Waals surface area contributed by atoms with Crippen LogP contribution in [-0.2, 0) is 16.6 Å². The van der Waals surface area contributed by atoms with Crippen molar-refractivity contribution in [1.29, 1.82) is 0 Å². The van der Waals surface area contributed by atoms with Crippen LogP contribution < -0.4 is 4.80 Å². The molecule has 0 aliphatic rings. The number of benzene rings is 2. The molecule has 0 atom stereocenters. The molecule has 3 aromatic rings. The molecule has 1 heterocycles. The monoisotopic (exact) mass is 427 g/mol. The fraction of sp³-hybridized carbons (Fsp3) is 0.238. The van der Waals surface area contributed by atoms with Gasteiger partial charge < -0.3 is 4.57 Å². The Balaban J connectivity index is 2.06. The van der Waals surface area contributed by atoms with Gasteiger partial charge in [0, 0.05) is 19.7 Å². The SMILES string of the molecule is C#CCn1c(=NC(=O)c2ccc(S(=O)(=O)N(C)C)cc2)sc2cc(C)c(C)cc21. The molecular weight excluding hydrogens is 406 g/mol. The van der Waals surface area contributed by atoms with Gasteiger partial charge in [0.05, 0.1) is 21.7 Å². The van der Waals surface area contributed by atoms with Crippen LogP contribution in [0.5, 0.6) is 0 Å². The van der Waals surface area contributed by atoms with Crippen LogP contribution in [0.1, 0.15) is 21.5 Å². The summed E-state index contributed by atoms with van der Waals surface area (Å²) < 4.78 is 28.3. The molecule has 0 radical (unpaired) electrons. The number of hydrogen-bond donors (Lipinski definition) is 0. The molecule has 8 heteroatoms. The highest BCUT2D eigenvalue weighted by Gasteiger charge is 2.17. The number of nitrogens with zero attached hydrogens (tertiary/aromatic N) is 3. The summed E-state index contributed by atoms with van der Waals surface area (Å²) in [5.74, 6) is 2.16. The van der Waals surface area contributed by atoms with Crippen LogP contribution in [0.2, 0.25) is 0 Å². The number of amides is 1. The summed E-state index contributed by atoms with van der Waals surface area (Å²) in [5.41, 5.74) is 3.54. The van der Waals surface area contributed by atoms with E-state index in [4.69, 9.17) is 6.42 Å². The van der Waals surface area contributed by atoms with E-state index in [9.17, 15) is 13.2 Å². The number of aryl methyl sites for hydroxylation is 2. The summed E-state index contributed by atoms with van der Waals surface area (Å²) in [6.45, 7) is 4.36. The van der Waals surface area contributed by atoms with Gasteiger partial charge in [-0.05, 0) is 61.4 Å². The number of fused-ring (bicyclic) bond motifs is 1. The third-order valence-corrected chi connectivity index (χ3v) is 7.50. The average Bonchev–Trinajstić information content (AvgIpc) is 2.98. The Hall–Kier alpha value is -2.73. The number of rotatable bonds is 4. The average molecular weight is 428 g/mol. The van der Waals surface area contributed by atoms with E-state index < -0.39 is 15.9 Å². The lowest BCUT2D eigenvalue weighted by Crippen LogP contribution is -2.22. The van der Waals surface area contributed by atoms with Gasteiger partial charge in [-0.3, -0.25) is 4.79 Å². The van der Waals surface area contributed by atoms with Gasteiger partial charge in [-0.15, -0.1) is 6.42 Å². The fourth-order valence-corrected chi connectivity index (χ4v) is 4.79. The van der Waals surface area contributed by atoms with Crippen molar-refractivity contribution in [3.05, 3.63) is 57.9 Å². The van der Waals surface area contributed by atoms with Gasteiger partial charge in [0.2, 0.25) is 10.0 Å². The van der Waals surface area contributed by atoms with E-state index >= 15 is 0 Å². The first-order chi connectivity index (χ1) is 13.6. The second-order valence-electron chi connectivity index (χ2n) is 6.81. The zero-order chi connectivity index (χ0) is 21.3. The molecule has 2 aromatic carbocycles. The van der Waals surface area contributed by atoms with Crippen molar-refractivity contribution >= 4 is 37.5 Å². The van der Waals surface area contributed by atoms with Crippen molar-refractivity contribution in [2.75, 3.05) is 14.1 Å². The van der Waals surface area contributed by atoms with E-state index in [1.165, 1.54) is 49.7 Å². The Morgan fingerprint density at radius 1 is 1.17 bits per heavy atom. The van der Waals surface area contributed by atoms with Crippen LogP contribution >= 0.6 is 11.3 Å². The topological polar surface area (TPSA) is 71.7 Å². The molecule has 0 bridgehead atoms. The van der Waals surface area contributed by atoms with E-state index in [1.54, 1.807) is 0 Å². The maximum Gasteiger partial charge on any atom is 0.279 e. The normalized spacial score (nSPS) is 12.5. The van der Waals surface area contributed by atoms with Crippen LogP contribution in [0.15, 0.2) is 46.3 Å². The molecule has 1 amide bonds. The summed E-state index contributed by atoms with van der Waals surface area (Å²) in [6, 6.07) is 9.86. The van der Waals surface area contributed by atoms with Crippen LogP contribution in [0.4, 0.5) is 0 Å². The number of thiazole rings is 1. The lowest BCUT2D eigenvalue weighted by molar-refractivity contribution is 0.0998. The standard InChI is InChI=1S/C21H21N3O3S2/c1-6-11-24-18-12-14(2)15(3)13-19(18)28-21(24)22-20(25)16-7-9-17(10-8-16)29(26,27)23(4)5/h1,7-10,12-13H,11H2,2-5H3. The fourth-order valence-electron chi connectivity index (χ4n) is 2.78. The molecule has 0 unspecified atom stereocenters. The molecule has 0 fully saturated rings. The van der Waals surface area contributed by atoms with Crippen molar-refractivity contribution < 1.29 is 13.2 Å². The second-order valence-corrected chi connectivity index (χ2v) is 9.97. The highest BCUT2D eigenvalue weighted by Crippen LogP contribution is 2.22. The van der Waals surface area contributed by atoms with Crippen molar-refractivity contribution in [3.63, 3.8) is 0 Å². The highest BCUT2D eigenvalue weighted by atomic mass is 32.2. The minimum absolute atomic E-state index is 0.120. The third-order valence-electron chi connectivity index (χ3n) is 4.62. The predicted octanol–water partition coefficient (Wildman–Crippen LogP) is 2.94. The number of aromatic nitrogens is 1. The summed E-state index contributed by atoms with van der Waals surface area (Å²) in [4.78, 5) is 17.6. The molecule has 6 nitrogen and oxygen atoms in total. The predicted molar refractivity (Wildman–Crippen MR) is 115 cm³/mol. The van der Waals surface area contributed by atoms with Crippen LogP contribution in [-0.4, -0.2) is 37.3 Å². The van der Waals surface area contributed by atoms with Crippen LogP contribution in [0, 0.1) is 26.2 Å². The van der Waals surface area contributed by atoms with Gasteiger partial charge in [0.15, 0.2) is 4.80 Å². The molecule has 0 spiro atoms. The lowest BCUT2D eigenvalue weighted by atomic mass is 10.1. The lowest BCUT2D eigenvalue weighted by Gasteiger charge is -2.11. The van der Waals surface area contributed by atoms with Crippen molar-refractivity contribution in [2.24, 2.45) is 4.99 Å². The maximum absolute atomic E-state index is 12.7. The largest absolute Gasteiger partial charge is 0.305 e. The molecule has 0 saturated carbocycles. The molecular formula is C21H21N3O3S2. The minimum atomic E-state index is -3.55. The van der Waals surface area contributed by atoms with E-state index in [-0.39, 0.29) is 4.90 Å². The van der Waals surface area contributed by atoms with E-state index in [0.29, 0.717) is 16.9 Å². The van der Waals surface area contributed by atoms with Gasteiger partial charge in [-0.2, -0.15) is 4.99 Å². The second kappa shape index (κ2) is 7.95. The number of terminal acetylenes is 1. The summed E-state index contributed by atoms with van der Waals surface area (Å²) in [7, 11) is -0.636. The molecule has 0 aliphatic heterocycles. The first kappa shape index (κ1) is 21.0. The van der Waals surface area contributed by atoms with Crippen LogP contribution in [0.3, 0.4) is 0 Å². The molecule has 1 aromatic heterocycles. The number of carbonyl (C=O) groups is 1. The van der Waals surface area contributed by atoms with E-state index in [0.717, 1.165) is 25.6 Å². The zero-order valence-electron chi connectivity index (χ0n) is 16.6. The maximum atomic E-state index is 12.7. The Morgan fingerprint density at radius 3 is 2.38 bits per heavy atom. The number of hydrogen-bond acceptors (Lipinski definition) is 4. The highest BCUT2D eigenvalue weighted by molar-refractivity contribution is 7.89. The van der Waals surface area contributed by atoms with Gasteiger partial charge in [0.25, 0.3) is 5.91 Å². The van der Waals surface area contributed by atoms with Gasteiger partial charge in [0.1, 0.15) is 0 Å². The Morgan fingerprint density at radius 2 is 1.79 bits per heavy atom. The van der Waals surface area contributed by atoms with Crippen molar-refractivity contribution in [2.45, 2.75) is 25.3 Å². The van der Waals surface area contributed by atoms with Gasteiger partial charge in [-0.25, -0.2) is 12.7 Å². The minimum Gasteiger partial charge on any atom is -0.305 e. The van der Waals surface area contributed by atoms with Crippen molar-refractivity contribution in [3.8, 4) is 12.3 Å². The Labute approximate surface area is 174 Å². The molecule has 0 N–H and O–H groups in total. The number of carbonyl (C=O) groups excluding carboxylic acids is 1. The molecule has 0 saturated heterocycles. The first-order valence-electron chi connectivity index (χ1n) is 8.81. The quantitative estimate of drug-likeness (QED) is 0.601. The van der Waals surface area contributed by atoms with Gasteiger partial charge in [-0.1, -0.05) is 17.3 Å². The van der Waals surface area contributed by atoms with Crippen molar-refractivity contribution in [1.82, 2.24) is 8.87 Å². The third kappa shape index (κ3) is 4.03. The van der Waals surface area contributed by atoms with E-state index in [2.05, 4.69) is 17.0 Å². The zero-order valence-corrected chi connectivity index (χ0v) is 18.3. The van der Waals surface area contributed by atoms with E-state index in [1.807, 2.05) is 24.5 Å². The molecule has 3 rings (SSSR count). The summed E-state index contributed by atoms with van der Waals surface area (Å²) in [5, 5.41) is 0. The summed E-state index contributed by atoms with van der Waals surface area (Å²) >= 11 is 1.40.